The highest BCUT2D eigenvalue weighted by atomic mass is 19.1. The Labute approximate surface area is 173 Å². The van der Waals surface area contributed by atoms with E-state index in [1.807, 2.05) is 0 Å². The number of ether oxygens (including phenoxy) is 1. The molecule has 0 saturated heterocycles. The summed E-state index contributed by atoms with van der Waals surface area (Å²) < 4.78 is 19.3. The largest absolute Gasteiger partial charge is 0.436 e. The zero-order chi connectivity index (χ0) is 22.1. The number of carbonyl (C=O) groups excluding carboxylic acids is 1. The third kappa shape index (κ3) is 6.62. The number of halogens is 1. The van der Waals surface area contributed by atoms with Gasteiger partial charge in [-0.3, -0.25) is 15.4 Å². The molecule has 30 heavy (non-hydrogen) atoms. The summed E-state index contributed by atoms with van der Waals surface area (Å²) in [6, 6.07) is 4.00. The maximum Gasteiger partial charge on any atom is 0.322 e. The van der Waals surface area contributed by atoms with E-state index in [0.29, 0.717) is 6.54 Å². The van der Waals surface area contributed by atoms with Crippen molar-refractivity contribution in [1.29, 1.82) is 0 Å². The summed E-state index contributed by atoms with van der Waals surface area (Å²) in [5, 5.41) is 13.3. The second-order valence-corrected chi connectivity index (χ2v) is 6.45. The first kappa shape index (κ1) is 22.9. The predicted molar refractivity (Wildman–Crippen MR) is 109 cm³/mol. The van der Waals surface area contributed by atoms with Crippen LogP contribution in [0.25, 0.3) is 0 Å². The quantitative estimate of drug-likeness (QED) is 0.462. The molecule has 11 heteroatoms. The SMILES string of the molecule is CCN(CC)CCCN(C)C(=O)Nc1cc(Oc2ccc([N+](=O)[O-])cc2F)ncn1. The van der Waals surface area contributed by atoms with E-state index in [4.69, 9.17) is 4.74 Å². The van der Waals surface area contributed by atoms with Gasteiger partial charge < -0.3 is 14.5 Å². The van der Waals surface area contributed by atoms with Gasteiger partial charge >= 0.3 is 6.03 Å². The molecule has 0 fully saturated rings. The Bertz CT molecular complexity index is 878. The molecular formula is C19H25FN6O4. The highest BCUT2D eigenvalue weighted by molar-refractivity contribution is 5.88. The van der Waals surface area contributed by atoms with E-state index in [1.54, 1.807) is 11.9 Å². The van der Waals surface area contributed by atoms with Gasteiger partial charge in [0.2, 0.25) is 5.88 Å². The number of non-ortho nitro benzene ring substituents is 1. The third-order valence-corrected chi connectivity index (χ3v) is 4.43. The molecule has 0 bridgehead atoms. The number of anilines is 1. The molecule has 10 nitrogen and oxygen atoms in total. The molecule has 2 aromatic rings. The number of carbonyl (C=O) groups is 1. The number of nitro groups is 1. The van der Waals surface area contributed by atoms with Gasteiger partial charge in [-0.1, -0.05) is 13.8 Å². The van der Waals surface area contributed by atoms with E-state index in [0.717, 1.165) is 50.6 Å². The van der Waals surface area contributed by atoms with E-state index in [2.05, 4.69) is 34.0 Å². The second-order valence-electron chi connectivity index (χ2n) is 6.45. The van der Waals surface area contributed by atoms with Crippen LogP contribution >= 0.6 is 0 Å². The summed E-state index contributed by atoms with van der Waals surface area (Å²) in [7, 11) is 1.68. The number of urea groups is 1. The summed E-state index contributed by atoms with van der Waals surface area (Å²) in [5.41, 5.74) is -0.389. The smallest absolute Gasteiger partial charge is 0.322 e. The van der Waals surface area contributed by atoms with E-state index in [-0.39, 0.29) is 29.2 Å². The Hall–Kier alpha value is -3.34. The van der Waals surface area contributed by atoms with E-state index < -0.39 is 10.7 Å². The summed E-state index contributed by atoms with van der Waals surface area (Å²) in [6.07, 6.45) is 2.00. The molecule has 1 N–H and O–H groups in total. The lowest BCUT2D eigenvalue weighted by Gasteiger charge is -2.21. The zero-order valence-electron chi connectivity index (χ0n) is 17.2. The molecule has 0 spiro atoms. The average Bonchev–Trinajstić information content (AvgIpc) is 2.72. The van der Waals surface area contributed by atoms with Crippen molar-refractivity contribution >= 4 is 17.5 Å². The van der Waals surface area contributed by atoms with Crippen LogP contribution in [-0.2, 0) is 0 Å². The lowest BCUT2D eigenvalue weighted by Crippen LogP contribution is -2.34. The molecule has 1 aromatic carbocycles. The molecule has 0 aliphatic carbocycles. The van der Waals surface area contributed by atoms with Crippen molar-refractivity contribution < 1.29 is 18.8 Å². The van der Waals surface area contributed by atoms with Crippen molar-refractivity contribution in [2.45, 2.75) is 20.3 Å². The Morgan fingerprint density at radius 2 is 1.97 bits per heavy atom. The van der Waals surface area contributed by atoms with E-state index >= 15 is 0 Å². The van der Waals surface area contributed by atoms with Crippen molar-refractivity contribution in [2.24, 2.45) is 0 Å². The number of hydrogen-bond donors (Lipinski definition) is 1. The van der Waals surface area contributed by atoms with Crippen molar-refractivity contribution in [2.75, 3.05) is 38.5 Å². The van der Waals surface area contributed by atoms with Crippen molar-refractivity contribution in [1.82, 2.24) is 19.8 Å². The van der Waals surface area contributed by atoms with Gasteiger partial charge in [0.05, 0.1) is 11.0 Å². The van der Waals surface area contributed by atoms with Crippen LogP contribution in [0.15, 0.2) is 30.6 Å². The fraction of sp³-hybridized carbons (Fsp3) is 0.421. The summed E-state index contributed by atoms with van der Waals surface area (Å²) in [6.45, 7) is 7.59. The number of hydrogen-bond acceptors (Lipinski definition) is 7. The third-order valence-electron chi connectivity index (χ3n) is 4.43. The van der Waals surface area contributed by atoms with Gasteiger partial charge in [0, 0.05) is 25.7 Å². The Morgan fingerprint density at radius 1 is 1.23 bits per heavy atom. The second kappa shape index (κ2) is 11.0. The Balaban J connectivity index is 1.95. The molecule has 0 saturated carbocycles. The van der Waals surface area contributed by atoms with Gasteiger partial charge in [-0.15, -0.1) is 0 Å². The number of nitrogens with zero attached hydrogens (tertiary/aromatic N) is 5. The molecule has 2 rings (SSSR count). The van der Waals surface area contributed by atoms with Gasteiger partial charge in [0.1, 0.15) is 12.1 Å². The lowest BCUT2D eigenvalue weighted by molar-refractivity contribution is -0.385. The van der Waals surface area contributed by atoms with Crippen LogP contribution < -0.4 is 10.1 Å². The first-order valence-electron chi connectivity index (χ1n) is 9.52. The average molecular weight is 420 g/mol. The van der Waals surface area contributed by atoms with Gasteiger partial charge in [0.25, 0.3) is 5.69 Å². The van der Waals surface area contributed by atoms with Crippen LogP contribution in [-0.4, -0.2) is 63.9 Å². The van der Waals surface area contributed by atoms with E-state index in [1.165, 1.54) is 6.07 Å². The lowest BCUT2D eigenvalue weighted by atomic mass is 10.3. The fourth-order valence-electron chi connectivity index (χ4n) is 2.64. The van der Waals surface area contributed by atoms with Crippen molar-refractivity contribution in [3.8, 4) is 11.6 Å². The normalized spacial score (nSPS) is 10.7. The molecule has 0 radical (unpaired) electrons. The number of rotatable bonds is 10. The number of amides is 2. The number of aromatic nitrogens is 2. The molecule has 0 aliphatic rings. The molecule has 1 aromatic heterocycles. The molecule has 0 aliphatic heterocycles. The topological polar surface area (TPSA) is 114 Å². The highest BCUT2D eigenvalue weighted by Crippen LogP contribution is 2.27. The predicted octanol–water partition coefficient (Wildman–Crippen LogP) is 3.51. The molecule has 0 unspecified atom stereocenters. The van der Waals surface area contributed by atoms with Crippen LogP contribution in [0.2, 0.25) is 0 Å². The molecule has 2 amide bonds. The zero-order valence-corrected chi connectivity index (χ0v) is 17.2. The van der Waals surface area contributed by atoms with Crippen molar-refractivity contribution in [3.63, 3.8) is 0 Å². The standard InChI is InChI=1S/C19H25FN6O4/c1-4-25(5-2)10-6-9-24(3)19(27)23-17-12-18(22-13-21-17)30-16-8-7-14(26(28)29)11-15(16)20/h7-8,11-13H,4-6,9-10H2,1-3H3,(H,21,22,23,27). The van der Waals surface area contributed by atoms with Gasteiger partial charge in [-0.25, -0.2) is 19.2 Å². The van der Waals surface area contributed by atoms with Gasteiger partial charge in [0.15, 0.2) is 11.6 Å². The highest BCUT2D eigenvalue weighted by Gasteiger charge is 2.14. The minimum Gasteiger partial charge on any atom is -0.436 e. The maximum atomic E-state index is 14.0. The molecular weight excluding hydrogens is 395 g/mol. The van der Waals surface area contributed by atoms with Gasteiger partial charge in [-0.2, -0.15) is 0 Å². The minimum atomic E-state index is -0.902. The van der Waals surface area contributed by atoms with Crippen LogP contribution in [0.4, 0.5) is 20.7 Å². The Morgan fingerprint density at radius 3 is 2.60 bits per heavy atom. The van der Waals surface area contributed by atoms with Crippen molar-refractivity contribution in [3.05, 3.63) is 46.5 Å². The fourth-order valence-corrected chi connectivity index (χ4v) is 2.64. The summed E-state index contributed by atoms with van der Waals surface area (Å²) in [5.74, 6) is -0.966. The van der Waals surface area contributed by atoms with Gasteiger partial charge in [-0.05, 0) is 32.1 Å². The Kier molecular flexibility index (Phi) is 8.41. The summed E-state index contributed by atoms with van der Waals surface area (Å²) >= 11 is 0. The molecule has 0 atom stereocenters. The minimum absolute atomic E-state index is 0.0164. The van der Waals surface area contributed by atoms with Crippen LogP contribution in [0.3, 0.4) is 0 Å². The maximum absolute atomic E-state index is 14.0. The molecule has 1 heterocycles. The van der Waals surface area contributed by atoms with E-state index in [9.17, 15) is 19.3 Å². The first-order valence-corrected chi connectivity index (χ1v) is 9.52. The summed E-state index contributed by atoms with van der Waals surface area (Å²) in [4.78, 5) is 34.0. The number of nitro benzene ring substituents is 1. The first-order chi connectivity index (χ1) is 14.3. The number of benzene rings is 1. The van der Waals surface area contributed by atoms with Crippen LogP contribution in [0.5, 0.6) is 11.6 Å². The van der Waals surface area contributed by atoms with Crippen LogP contribution in [0, 0.1) is 15.9 Å². The molecule has 162 valence electrons. The number of nitrogens with one attached hydrogen (secondary N) is 1. The van der Waals surface area contributed by atoms with Crippen LogP contribution in [0.1, 0.15) is 20.3 Å². The monoisotopic (exact) mass is 420 g/mol.